The normalized spacial score (nSPS) is 30.3. The van der Waals surface area contributed by atoms with Crippen molar-refractivity contribution in [3.05, 3.63) is 54.6 Å². The van der Waals surface area contributed by atoms with E-state index in [1.165, 1.54) is 0 Å². The van der Waals surface area contributed by atoms with Crippen LogP contribution >= 0.6 is 11.8 Å². The maximum Gasteiger partial charge on any atom is 0.251 e. The number of aliphatic hydroxyl groups excluding tert-OH is 1. The van der Waals surface area contributed by atoms with Crippen molar-refractivity contribution in [2.45, 2.75) is 49.1 Å². The maximum atomic E-state index is 14.5. The Hall–Kier alpha value is -2.58. The van der Waals surface area contributed by atoms with E-state index in [0.29, 0.717) is 19.5 Å². The Balaban J connectivity index is 1.81. The van der Waals surface area contributed by atoms with Gasteiger partial charge in [-0.25, -0.2) is 0 Å². The molecular weight excluding hydrogens is 474 g/mol. The summed E-state index contributed by atoms with van der Waals surface area (Å²) >= 11 is 1.64. The van der Waals surface area contributed by atoms with E-state index >= 15 is 0 Å². The van der Waals surface area contributed by atoms with E-state index in [0.717, 1.165) is 23.2 Å². The molecule has 3 aliphatic rings. The summed E-state index contributed by atoms with van der Waals surface area (Å²) in [5.74, 6) is -1.60. The number of rotatable bonds is 9. The first-order valence-corrected chi connectivity index (χ1v) is 13.3. The molecule has 194 valence electrons. The van der Waals surface area contributed by atoms with E-state index < -0.39 is 27.4 Å². The fourth-order valence-electron chi connectivity index (χ4n) is 6.54. The second-order valence-electron chi connectivity index (χ2n) is 10.5. The van der Waals surface area contributed by atoms with Crippen molar-refractivity contribution in [2.75, 3.05) is 38.2 Å². The van der Waals surface area contributed by atoms with Crippen molar-refractivity contribution in [1.29, 1.82) is 0 Å². The molecule has 7 nitrogen and oxygen atoms in total. The number of amides is 3. The SMILES string of the molecule is C=CCN(C)C(=O)[C@H]1[C@H]2C(=O)N(CCO)C(C(=O)N(CC=C)c3cc(C)ccc3C)C23CC[C@]1(C)S3. The minimum atomic E-state index is -0.767. The third-order valence-electron chi connectivity index (χ3n) is 8.13. The number of hydrogen-bond donors (Lipinski definition) is 1. The second kappa shape index (κ2) is 9.71. The lowest BCUT2D eigenvalue weighted by molar-refractivity contribution is -0.144. The summed E-state index contributed by atoms with van der Waals surface area (Å²) in [6.45, 7) is 14.1. The van der Waals surface area contributed by atoms with Gasteiger partial charge in [0.25, 0.3) is 5.91 Å². The average Bonchev–Trinajstić information content (AvgIpc) is 3.40. The molecule has 8 heteroatoms. The lowest BCUT2D eigenvalue weighted by Crippen LogP contribution is -2.55. The molecule has 1 aromatic rings. The van der Waals surface area contributed by atoms with Crippen LogP contribution in [0.3, 0.4) is 0 Å². The Morgan fingerprint density at radius 1 is 1.19 bits per heavy atom. The number of fused-ring (bicyclic) bond motifs is 1. The Labute approximate surface area is 218 Å². The van der Waals surface area contributed by atoms with Crippen molar-refractivity contribution in [3.63, 3.8) is 0 Å². The van der Waals surface area contributed by atoms with Gasteiger partial charge in [0.1, 0.15) is 6.04 Å². The summed E-state index contributed by atoms with van der Waals surface area (Å²) in [7, 11) is 1.73. The maximum absolute atomic E-state index is 14.5. The minimum Gasteiger partial charge on any atom is -0.395 e. The Kier molecular flexibility index (Phi) is 7.14. The van der Waals surface area contributed by atoms with Crippen LogP contribution in [0.5, 0.6) is 0 Å². The largest absolute Gasteiger partial charge is 0.395 e. The van der Waals surface area contributed by atoms with Gasteiger partial charge in [-0.1, -0.05) is 24.3 Å². The van der Waals surface area contributed by atoms with Crippen molar-refractivity contribution in [2.24, 2.45) is 11.8 Å². The smallest absolute Gasteiger partial charge is 0.251 e. The monoisotopic (exact) mass is 511 g/mol. The van der Waals surface area contributed by atoms with Gasteiger partial charge in [-0.15, -0.1) is 24.9 Å². The van der Waals surface area contributed by atoms with Gasteiger partial charge in [0.05, 0.1) is 23.2 Å². The standard InChI is InChI=1S/C28H37N3O4S/c1-7-13-29(6)24(33)21-22-25(34)31(15-16-32)23(28(22)12-11-27(21,5)36-28)26(35)30(14-8-2)20-17-18(3)9-10-19(20)4/h7-10,17,21-23,32H,1-2,11-16H2,3-6H3/t21-,22+,23?,27+,28?/m1/s1. The number of carbonyl (C=O) groups is 3. The number of aryl methyl sites for hydroxylation is 2. The van der Waals surface area contributed by atoms with E-state index in [-0.39, 0.29) is 30.9 Å². The molecule has 3 saturated heterocycles. The zero-order valence-corrected chi connectivity index (χ0v) is 22.5. The molecule has 3 aliphatic heterocycles. The molecule has 2 unspecified atom stereocenters. The Morgan fingerprint density at radius 2 is 1.89 bits per heavy atom. The fourth-order valence-corrected chi connectivity index (χ4v) is 8.89. The van der Waals surface area contributed by atoms with Crippen molar-refractivity contribution < 1.29 is 19.5 Å². The molecule has 1 aromatic carbocycles. The molecule has 3 amide bonds. The number of carbonyl (C=O) groups excluding carboxylic acids is 3. The van der Waals surface area contributed by atoms with Crippen molar-refractivity contribution >= 4 is 35.2 Å². The lowest BCUT2D eigenvalue weighted by atomic mass is 9.66. The topological polar surface area (TPSA) is 81.2 Å². The quantitative estimate of drug-likeness (QED) is 0.516. The zero-order chi connectivity index (χ0) is 26.4. The van der Waals surface area contributed by atoms with Crippen LogP contribution in [0.15, 0.2) is 43.5 Å². The lowest BCUT2D eigenvalue weighted by Gasteiger charge is -2.38. The highest BCUT2D eigenvalue weighted by atomic mass is 32.2. The molecule has 0 radical (unpaired) electrons. The summed E-state index contributed by atoms with van der Waals surface area (Å²) in [6.07, 6.45) is 4.79. The fraction of sp³-hybridized carbons (Fsp3) is 0.536. The van der Waals surface area contributed by atoms with Gasteiger partial charge >= 0.3 is 0 Å². The first-order chi connectivity index (χ1) is 17.1. The van der Waals surface area contributed by atoms with Gasteiger partial charge in [-0.05, 0) is 50.8 Å². The number of anilines is 1. The summed E-state index contributed by atoms with van der Waals surface area (Å²) < 4.78 is -1.15. The number of β-amino-alcohol motifs (C(OH)–C–C–N with tert-alkyl or cyclic N) is 1. The van der Waals surface area contributed by atoms with E-state index in [1.807, 2.05) is 32.0 Å². The summed E-state index contributed by atoms with van der Waals surface area (Å²) in [4.78, 5) is 46.9. The third kappa shape index (κ3) is 3.89. The molecule has 36 heavy (non-hydrogen) atoms. The van der Waals surface area contributed by atoms with Gasteiger partial charge in [-0.2, -0.15) is 0 Å². The molecule has 4 rings (SSSR count). The summed E-state index contributed by atoms with van der Waals surface area (Å²) in [5.41, 5.74) is 2.78. The molecule has 0 aromatic heterocycles. The predicted octanol–water partition coefficient (Wildman–Crippen LogP) is 2.94. The number of likely N-dealkylation sites (N-methyl/N-ethyl adjacent to an activating group) is 1. The highest BCUT2D eigenvalue weighted by Gasteiger charge is 2.77. The molecule has 0 aliphatic carbocycles. The van der Waals surface area contributed by atoms with Gasteiger partial charge < -0.3 is 19.8 Å². The molecular formula is C28H37N3O4S. The van der Waals surface area contributed by atoms with Crippen LogP contribution in [-0.2, 0) is 14.4 Å². The van der Waals surface area contributed by atoms with Gasteiger partial charge in [-0.3, -0.25) is 14.4 Å². The second-order valence-corrected chi connectivity index (χ2v) is 12.4. The van der Waals surface area contributed by atoms with Crippen LogP contribution < -0.4 is 4.90 Å². The number of hydrogen-bond acceptors (Lipinski definition) is 5. The number of aliphatic hydroxyl groups is 1. The molecule has 1 spiro atoms. The number of nitrogens with zero attached hydrogens (tertiary/aromatic N) is 3. The van der Waals surface area contributed by atoms with E-state index in [2.05, 4.69) is 20.1 Å². The van der Waals surface area contributed by atoms with Crippen LogP contribution in [0.2, 0.25) is 0 Å². The van der Waals surface area contributed by atoms with Crippen LogP contribution in [-0.4, -0.2) is 81.5 Å². The average molecular weight is 512 g/mol. The predicted molar refractivity (Wildman–Crippen MR) is 144 cm³/mol. The Morgan fingerprint density at radius 3 is 2.53 bits per heavy atom. The van der Waals surface area contributed by atoms with Gasteiger partial charge in [0.2, 0.25) is 11.8 Å². The number of likely N-dealkylation sites (tertiary alicyclic amines) is 1. The van der Waals surface area contributed by atoms with Crippen molar-refractivity contribution in [3.8, 4) is 0 Å². The van der Waals surface area contributed by atoms with Gasteiger partial charge in [0.15, 0.2) is 0 Å². The highest BCUT2D eigenvalue weighted by molar-refractivity contribution is 8.02. The Bertz CT molecular complexity index is 1110. The highest BCUT2D eigenvalue weighted by Crippen LogP contribution is 2.71. The molecule has 3 fully saturated rings. The molecule has 1 N–H and O–H groups in total. The summed E-state index contributed by atoms with van der Waals surface area (Å²) in [5, 5.41) is 9.87. The molecule has 3 heterocycles. The van der Waals surface area contributed by atoms with Crippen LogP contribution in [0.1, 0.15) is 30.9 Å². The third-order valence-corrected chi connectivity index (χ3v) is 10.1. The van der Waals surface area contributed by atoms with Crippen molar-refractivity contribution in [1.82, 2.24) is 9.80 Å². The van der Waals surface area contributed by atoms with E-state index in [4.69, 9.17) is 0 Å². The number of thioether (sulfide) groups is 1. The van der Waals surface area contributed by atoms with Crippen LogP contribution in [0, 0.1) is 25.7 Å². The zero-order valence-electron chi connectivity index (χ0n) is 21.7. The first-order valence-electron chi connectivity index (χ1n) is 12.5. The van der Waals surface area contributed by atoms with E-state index in [9.17, 15) is 19.5 Å². The van der Waals surface area contributed by atoms with E-state index in [1.54, 1.807) is 45.7 Å². The molecule has 5 atom stereocenters. The van der Waals surface area contributed by atoms with Gasteiger partial charge in [0, 0.05) is 37.1 Å². The van der Waals surface area contributed by atoms with Crippen LogP contribution in [0.25, 0.3) is 0 Å². The molecule has 2 bridgehead atoms. The first kappa shape index (κ1) is 26.5. The molecule has 0 saturated carbocycles. The summed E-state index contributed by atoms with van der Waals surface area (Å²) in [6, 6.07) is 5.21. The number of benzene rings is 1. The van der Waals surface area contributed by atoms with Crippen LogP contribution in [0.4, 0.5) is 5.69 Å². The minimum absolute atomic E-state index is 0.0584.